The molecule has 0 aliphatic heterocycles. The van der Waals surface area contributed by atoms with Crippen LogP contribution in [0, 0.1) is 0 Å². The molecule has 2 aromatic rings. The van der Waals surface area contributed by atoms with Crippen molar-refractivity contribution in [3.05, 3.63) is 48.6 Å². The largest absolute Gasteiger partial charge is 0.377 e. The molecule has 0 aromatic carbocycles. The first kappa shape index (κ1) is 10.3. The number of hydrogen-bond donors (Lipinski definition) is 1. The van der Waals surface area contributed by atoms with E-state index < -0.39 is 11.9 Å². The van der Waals surface area contributed by atoms with E-state index >= 15 is 0 Å². The van der Waals surface area contributed by atoms with E-state index in [4.69, 9.17) is 0 Å². The van der Waals surface area contributed by atoms with Gasteiger partial charge in [0.25, 0.3) is 0 Å². The zero-order valence-electron chi connectivity index (χ0n) is 8.19. The lowest BCUT2D eigenvalue weighted by molar-refractivity contribution is 0.0719. The second-order valence-corrected chi connectivity index (χ2v) is 2.95. The topological polar surface area (TPSA) is 88.9 Å². The summed E-state index contributed by atoms with van der Waals surface area (Å²) >= 11 is 0. The van der Waals surface area contributed by atoms with Gasteiger partial charge in [-0.3, -0.25) is 4.79 Å². The third-order valence-corrected chi connectivity index (χ3v) is 1.86. The predicted octanol–water partition coefficient (Wildman–Crippen LogP) is 0.183. The predicted molar refractivity (Wildman–Crippen MR) is 53.4 cm³/mol. The van der Waals surface area contributed by atoms with Crippen molar-refractivity contribution in [2.45, 2.75) is 6.10 Å². The highest BCUT2D eigenvalue weighted by Gasteiger charge is 2.23. The highest BCUT2D eigenvalue weighted by Crippen LogP contribution is 2.10. The molecule has 2 rings (SSSR count). The number of carbonyl (C=O) groups excluding carboxylic acids is 1. The molecule has 1 N–H and O–H groups in total. The quantitative estimate of drug-likeness (QED) is 0.736. The number of Topliss-reactive ketones (excluding diaryl/α,β-unsaturated/α-hetero) is 1. The summed E-state index contributed by atoms with van der Waals surface area (Å²) in [5.41, 5.74) is 0. The minimum atomic E-state index is -1.43. The maximum atomic E-state index is 11.7. The van der Waals surface area contributed by atoms with Crippen LogP contribution in [0.15, 0.2) is 36.9 Å². The molecular weight excluding hydrogens is 208 g/mol. The van der Waals surface area contributed by atoms with Crippen molar-refractivity contribution < 1.29 is 9.90 Å². The van der Waals surface area contributed by atoms with Gasteiger partial charge in [-0.2, -0.15) is 0 Å². The lowest BCUT2D eigenvalue weighted by atomic mass is 10.2. The first-order valence-electron chi connectivity index (χ1n) is 4.55. The van der Waals surface area contributed by atoms with E-state index in [1.807, 2.05) is 0 Å². The fourth-order valence-corrected chi connectivity index (χ4v) is 1.12. The van der Waals surface area contributed by atoms with Crippen molar-refractivity contribution >= 4 is 5.78 Å². The van der Waals surface area contributed by atoms with E-state index in [2.05, 4.69) is 19.9 Å². The average Bonchev–Trinajstić information content (AvgIpc) is 2.39. The van der Waals surface area contributed by atoms with E-state index in [0.29, 0.717) is 0 Å². The molecule has 2 heterocycles. The van der Waals surface area contributed by atoms with Crippen molar-refractivity contribution in [2.75, 3.05) is 0 Å². The van der Waals surface area contributed by atoms with Crippen LogP contribution < -0.4 is 0 Å². The number of rotatable bonds is 3. The second-order valence-electron chi connectivity index (χ2n) is 2.95. The van der Waals surface area contributed by atoms with Gasteiger partial charge in [-0.25, -0.2) is 19.9 Å². The fourth-order valence-electron chi connectivity index (χ4n) is 1.12. The Morgan fingerprint density at radius 3 is 2.06 bits per heavy atom. The van der Waals surface area contributed by atoms with Gasteiger partial charge in [-0.05, 0) is 12.1 Å². The number of hydrogen-bond acceptors (Lipinski definition) is 6. The lowest BCUT2D eigenvalue weighted by Crippen LogP contribution is -2.17. The Bertz CT molecular complexity index is 475. The van der Waals surface area contributed by atoms with Crippen LogP contribution in [-0.2, 0) is 0 Å². The Hall–Kier alpha value is -2.21. The Kier molecular flexibility index (Phi) is 2.93. The molecule has 0 aliphatic rings. The molecule has 6 heteroatoms. The number of aliphatic hydroxyl groups excluding tert-OH is 1. The summed E-state index contributed by atoms with van der Waals surface area (Å²) in [6.07, 6.45) is 4.33. The maximum Gasteiger partial charge on any atom is 0.236 e. The number of aromatic nitrogens is 4. The van der Waals surface area contributed by atoms with Gasteiger partial charge in [-0.1, -0.05) is 0 Å². The number of carbonyl (C=O) groups is 1. The Morgan fingerprint density at radius 1 is 1.00 bits per heavy atom. The van der Waals surface area contributed by atoms with Crippen molar-refractivity contribution in [2.24, 2.45) is 0 Å². The van der Waals surface area contributed by atoms with Crippen LogP contribution in [-0.4, -0.2) is 30.8 Å². The molecule has 1 unspecified atom stereocenters. The van der Waals surface area contributed by atoms with Crippen LogP contribution >= 0.6 is 0 Å². The molecule has 0 amide bonds. The third-order valence-electron chi connectivity index (χ3n) is 1.86. The molecule has 2 aromatic heterocycles. The molecule has 0 bridgehead atoms. The Labute approximate surface area is 91.1 Å². The Morgan fingerprint density at radius 2 is 1.50 bits per heavy atom. The van der Waals surface area contributed by atoms with Gasteiger partial charge in [0, 0.05) is 24.8 Å². The molecule has 80 valence electrons. The molecule has 1 atom stereocenters. The summed E-state index contributed by atoms with van der Waals surface area (Å²) in [4.78, 5) is 26.8. The smallest absolute Gasteiger partial charge is 0.236 e. The zero-order chi connectivity index (χ0) is 11.4. The minimum Gasteiger partial charge on any atom is -0.377 e. The van der Waals surface area contributed by atoms with Crippen LogP contribution in [0.5, 0.6) is 0 Å². The summed E-state index contributed by atoms with van der Waals surface area (Å²) in [7, 11) is 0. The van der Waals surface area contributed by atoms with Gasteiger partial charge < -0.3 is 5.11 Å². The molecule has 0 radical (unpaired) electrons. The van der Waals surface area contributed by atoms with Gasteiger partial charge in [0.05, 0.1) is 0 Å². The van der Waals surface area contributed by atoms with E-state index in [-0.39, 0.29) is 11.6 Å². The average molecular weight is 216 g/mol. The monoisotopic (exact) mass is 216 g/mol. The van der Waals surface area contributed by atoms with Crippen LogP contribution in [0.3, 0.4) is 0 Å². The van der Waals surface area contributed by atoms with Crippen LogP contribution in [0.4, 0.5) is 0 Å². The number of ketones is 1. The normalized spacial score (nSPS) is 12.1. The van der Waals surface area contributed by atoms with Crippen molar-refractivity contribution in [1.29, 1.82) is 0 Å². The van der Waals surface area contributed by atoms with E-state index in [1.54, 1.807) is 12.1 Å². The number of aliphatic hydroxyl groups is 1. The maximum absolute atomic E-state index is 11.7. The van der Waals surface area contributed by atoms with Gasteiger partial charge in [0.1, 0.15) is 0 Å². The summed E-state index contributed by atoms with van der Waals surface area (Å²) in [6, 6.07) is 3.18. The van der Waals surface area contributed by atoms with Crippen LogP contribution in [0.1, 0.15) is 22.5 Å². The number of nitrogens with zero attached hydrogens (tertiary/aromatic N) is 4. The summed E-state index contributed by atoms with van der Waals surface area (Å²) in [6.45, 7) is 0. The molecule has 6 nitrogen and oxygen atoms in total. The van der Waals surface area contributed by atoms with Crippen molar-refractivity contribution in [3.63, 3.8) is 0 Å². The van der Waals surface area contributed by atoms with E-state index in [9.17, 15) is 9.90 Å². The summed E-state index contributed by atoms with van der Waals surface area (Å²) in [5, 5.41) is 9.69. The van der Waals surface area contributed by atoms with Crippen molar-refractivity contribution in [1.82, 2.24) is 19.9 Å². The second kappa shape index (κ2) is 4.54. The summed E-state index contributed by atoms with van der Waals surface area (Å²) < 4.78 is 0. The highest BCUT2D eigenvalue weighted by molar-refractivity contribution is 5.96. The van der Waals surface area contributed by atoms with Gasteiger partial charge in [0.15, 0.2) is 17.8 Å². The third kappa shape index (κ3) is 2.06. The lowest BCUT2D eigenvalue weighted by Gasteiger charge is -2.05. The molecule has 0 aliphatic carbocycles. The molecule has 0 fully saturated rings. The molecule has 0 saturated carbocycles. The molecule has 0 saturated heterocycles. The first-order valence-corrected chi connectivity index (χ1v) is 4.55. The fraction of sp³-hybridized carbons (Fsp3) is 0.100. The minimum absolute atomic E-state index is 0.0416. The SMILES string of the molecule is O=C(c1ncccn1)C(O)c1ncccn1. The molecule has 16 heavy (non-hydrogen) atoms. The van der Waals surface area contributed by atoms with Crippen LogP contribution in [0.25, 0.3) is 0 Å². The molecular formula is C10H8N4O2. The zero-order valence-corrected chi connectivity index (χ0v) is 8.19. The Balaban J connectivity index is 2.24. The van der Waals surface area contributed by atoms with E-state index in [0.717, 1.165) is 0 Å². The van der Waals surface area contributed by atoms with Gasteiger partial charge in [0.2, 0.25) is 5.78 Å². The summed E-state index contributed by atoms with van der Waals surface area (Å²) in [5.74, 6) is -0.630. The van der Waals surface area contributed by atoms with Crippen LogP contribution in [0.2, 0.25) is 0 Å². The molecule has 0 spiro atoms. The first-order chi connectivity index (χ1) is 7.79. The van der Waals surface area contributed by atoms with Gasteiger partial charge in [-0.15, -0.1) is 0 Å². The highest BCUT2D eigenvalue weighted by atomic mass is 16.3. The van der Waals surface area contributed by atoms with Crippen molar-refractivity contribution in [3.8, 4) is 0 Å². The standard InChI is InChI=1S/C10H8N4O2/c15-7(9-11-3-1-4-12-9)8(16)10-13-5-2-6-14-10/h1-7,15H. The van der Waals surface area contributed by atoms with Gasteiger partial charge >= 0.3 is 0 Å². The van der Waals surface area contributed by atoms with E-state index in [1.165, 1.54) is 24.8 Å².